The van der Waals surface area contributed by atoms with Gasteiger partial charge in [-0.1, -0.05) is 18.2 Å². The fourth-order valence-corrected chi connectivity index (χ4v) is 2.30. The molecule has 4 heteroatoms. The smallest absolute Gasteiger partial charge is 0.168 e. The molecule has 1 aromatic carbocycles. The maximum Gasteiger partial charge on any atom is 0.168 e. The average molecular weight is 248 g/mol. The lowest BCUT2D eigenvalue weighted by molar-refractivity contribution is 1.10. The average Bonchev–Trinajstić information content (AvgIpc) is 2.81. The summed E-state index contributed by atoms with van der Waals surface area (Å²) < 4.78 is 1.91. The van der Waals surface area contributed by atoms with Crippen LogP contribution in [0, 0.1) is 25.2 Å². The molecule has 0 radical (unpaired) electrons. The predicted molar refractivity (Wildman–Crippen MR) is 72.6 cm³/mol. The van der Waals surface area contributed by atoms with Crippen molar-refractivity contribution < 1.29 is 0 Å². The Morgan fingerprint density at radius 2 is 1.84 bits per heavy atom. The van der Waals surface area contributed by atoms with Gasteiger partial charge in [-0.25, -0.2) is 0 Å². The Morgan fingerprint density at radius 1 is 1.11 bits per heavy atom. The first kappa shape index (κ1) is 11.4. The summed E-state index contributed by atoms with van der Waals surface area (Å²) in [4.78, 5) is 0. The molecule has 2 heterocycles. The third kappa shape index (κ3) is 1.76. The topological polar surface area (TPSA) is 54.0 Å². The predicted octanol–water partition coefficient (Wildman–Crippen LogP) is 2.88. The minimum absolute atomic E-state index is 0.591. The molecule has 0 saturated heterocycles. The molecule has 0 aliphatic rings. The van der Waals surface area contributed by atoms with Gasteiger partial charge in [-0.05, 0) is 31.0 Å². The van der Waals surface area contributed by atoms with Gasteiger partial charge in [-0.3, -0.25) is 4.40 Å². The van der Waals surface area contributed by atoms with Crippen LogP contribution in [0.4, 0.5) is 0 Å². The third-order valence-electron chi connectivity index (χ3n) is 3.24. The summed E-state index contributed by atoms with van der Waals surface area (Å²) in [5, 5.41) is 17.3. The van der Waals surface area contributed by atoms with E-state index < -0.39 is 0 Å². The Labute approximate surface area is 111 Å². The van der Waals surface area contributed by atoms with Crippen LogP contribution in [0.3, 0.4) is 0 Å². The number of fused-ring (bicyclic) bond motifs is 1. The van der Waals surface area contributed by atoms with E-state index in [1.807, 2.05) is 16.7 Å². The van der Waals surface area contributed by atoms with E-state index in [1.54, 1.807) is 12.1 Å². The van der Waals surface area contributed by atoms with Gasteiger partial charge in [0, 0.05) is 17.8 Å². The lowest BCUT2D eigenvalue weighted by Crippen LogP contribution is -1.94. The first-order valence-corrected chi connectivity index (χ1v) is 6.02. The highest BCUT2D eigenvalue weighted by molar-refractivity contribution is 5.67. The molecular weight excluding hydrogens is 236 g/mol. The van der Waals surface area contributed by atoms with Crippen LogP contribution in [0.25, 0.3) is 17.0 Å². The molecule has 0 aliphatic heterocycles. The Hall–Kier alpha value is -2.67. The van der Waals surface area contributed by atoms with Gasteiger partial charge >= 0.3 is 0 Å². The highest BCUT2D eigenvalue weighted by Crippen LogP contribution is 2.25. The monoisotopic (exact) mass is 248 g/mol. The highest BCUT2D eigenvalue weighted by Gasteiger charge is 2.12. The molecule has 0 bridgehead atoms. The Kier molecular flexibility index (Phi) is 2.53. The number of nitriles is 1. The van der Waals surface area contributed by atoms with Gasteiger partial charge in [0.2, 0.25) is 0 Å². The number of nitrogens with zero attached hydrogens (tertiary/aromatic N) is 4. The molecular formula is C15H12N4. The molecule has 0 N–H and O–H groups in total. The zero-order valence-corrected chi connectivity index (χ0v) is 10.8. The Bertz CT molecular complexity index is 788. The molecule has 2 aromatic heterocycles. The van der Waals surface area contributed by atoms with Crippen molar-refractivity contribution in [2.24, 2.45) is 0 Å². The number of rotatable bonds is 1. The van der Waals surface area contributed by atoms with Crippen molar-refractivity contribution in [2.45, 2.75) is 13.8 Å². The minimum Gasteiger partial charge on any atom is -0.282 e. The van der Waals surface area contributed by atoms with Crippen molar-refractivity contribution in [1.29, 1.82) is 5.26 Å². The molecule has 0 fully saturated rings. The third-order valence-corrected chi connectivity index (χ3v) is 3.24. The van der Waals surface area contributed by atoms with Gasteiger partial charge in [-0.2, -0.15) is 5.26 Å². The number of aryl methyl sites for hydroxylation is 2. The van der Waals surface area contributed by atoms with Crippen molar-refractivity contribution in [3.8, 4) is 17.5 Å². The van der Waals surface area contributed by atoms with Crippen molar-refractivity contribution in [3.05, 3.63) is 53.2 Å². The van der Waals surface area contributed by atoms with E-state index in [1.165, 1.54) is 11.1 Å². The molecule has 0 amide bonds. The van der Waals surface area contributed by atoms with E-state index in [-0.39, 0.29) is 0 Å². The quantitative estimate of drug-likeness (QED) is 0.665. The summed E-state index contributed by atoms with van der Waals surface area (Å²) >= 11 is 0. The normalized spacial score (nSPS) is 10.6. The van der Waals surface area contributed by atoms with E-state index in [0.717, 1.165) is 11.4 Å². The summed E-state index contributed by atoms with van der Waals surface area (Å²) in [6.07, 6.45) is 1.84. The van der Waals surface area contributed by atoms with Crippen LogP contribution in [-0.4, -0.2) is 14.6 Å². The summed E-state index contributed by atoms with van der Waals surface area (Å²) in [6.45, 7) is 4.13. The maximum atomic E-state index is 8.90. The van der Waals surface area contributed by atoms with Crippen LogP contribution in [0.1, 0.15) is 16.7 Å². The molecule has 92 valence electrons. The van der Waals surface area contributed by atoms with Crippen LogP contribution in [0.5, 0.6) is 0 Å². The molecule has 0 spiro atoms. The first-order valence-electron chi connectivity index (χ1n) is 6.02. The molecule has 3 aromatic rings. The van der Waals surface area contributed by atoms with Gasteiger partial charge in [0.1, 0.15) is 0 Å². The number of hydrogen-bond acceptors (Lipinski definition) is 3. The summed E-state index contributed by atoms with van der Waals surface area (Å²) in [5.74, 6) is 0.815. The number of pyridine rings is 1. The van der Waals surface area contributed by atoms with Crippen LogP contribution in [-0.2, 0) is 0 Å². The largest absolute Gasteiger partial charge is 0.282 e. The molecule has 4 nitrogen and oxygen atoms in total. The van der Waals surface area contributed by atoms with E-state index in [0.29, 0.717) is 11.2 Å². The number of aromatic nitrogens is 3. The second-order valence-corrected chi connectivity index (χ2v) is 4.55. The number of benzene rings is 1. The van der Waals surface area contributed by atoms with Crippen molar-refractivity contribution in [2.75, 3.05) is 0 Å². The molecule has 0 saturated carbocycles. The maximum absolute atomic E-state index is 8.90. The van der Waals surface area contributed by atoms with Crippen molar-refractivity contribution in [3.63, 3.8) is 0 Å². The van der Waals surface area contributed by atoms with Crippen LogP contribution < -0.4 is 0 Å². The van der Waals surface area contributed by atoms with E-state index >= 15 is 0 Å². The van der Waals surface area contributed by atoms with Crippen LogP contribution in [0.15, 0.2) is 36.5 Å². The van der Waals surface area contributed by atoms with Gasteiger partial charge in [0.25, 0.3) is 0 Å². The second kappa shape index (κ2) is 4.21. The second-order valence-electron chi connectivity index (χ2n) is 4.55. The minimum atomic E-state index is 0.591. The zero-order chi connectivity index (χ0) is 13.4. The van der Waals surface area contributed by atoms with Gasteiger partial charge < -0.3 is 0 Å². The first-order chi connectivity index (χ1) is 9.20. The fourth-order valence-electron chi connectivity index (χ4n) is 2.30. The van der Waals surface area contributed by atoms with Crippen molar-refractivity contribution in [1.82, 2.24) is 14.6 Å². The molecule has 0 unspecified atom stereocenters. The van der Waals surface area contributed by atoms with Gasteiger partial charge in [-0.15, -0.1) is 10.2 Å². The fraction of sp³-hybridized carbons (Fsp3) is 0.133. The van der Waals surface area contributed by atoms with Crippen LogP contribution in [0.2, 0.25) is 0 Å². The van der Waals surface area contributed by atoms with E-state index in [4.69, 9.17) is 5.26 Å². The van der Waals surface area contributed by atoms with E-state index in [9.17, 15) is 0 Å². The molecule has 3 rings (SSSR count). The Balaban J connectivity index is 2.30. The molecule has 19 heavy (non-hydrogen) atoms. The molecule has 0 atom stereocenters. The summed E-state index contributed by atoms with van der Waals surface area (Å²) in [5.41, 5.74) is 4.71. The van der Waals surface area contributed by atoms with Gasteiger partial charge in [0.05, 0.1) is 11.6 Å². The van der Waals surface area contributed by atoms with Crippen molar-refractivity contribution >= 4 is 5.65 Å². The zero-order valence-electron chi connectivity index (χ0n) is 10.8. The molecule has 0 aliphatic carbocycles. The van der Waals surface area contributed by atoms with Crippen LogP contribution >= 0.6 is 0 Å². The standard InChI is InChI=1S/C15H12N4/c1-10-4-3-5-11(2)14(10)15-18-17-13-8-12(9-16)6-7-19(13)15/h3-8H,1-2H3. The Morgan fingerprint density at radius 3 is 2.53 bits per heavy atom. The van der Waals surface area contributed by atoms with E-state index in [2.05, 4.69) is 42.2 Å². The van der Waals surface area contributed by atoms with Gasteiger partial charge in [0.15, 0.2) is 11.5 Å². The SMILES string of the molecule is Cc1cccc(C)c1-c1nnc2cc(C#N)ccn12. The highest BCUT2D eigenvalue weighted by atomic mass is 15.2. The summed E-state index contributed by atoms with van der Waals surface area (Å²) in [7, 11) is 0. The lowest BCUT2D eigenvalue weighted by Gasteiger charge is -2.07. The number of hydrogen-bond donors (Lipinski definition) is 0. The summed E-state index contributed by atoms with van der Waals surface area (Å²) in [6, 6.07) is 11.8. The lowest BCUT2D eigenvalue weighted by atomic mass is 10.0.